The van der Waals surface area contributed by atoms with Crippen LogP contribution < -0.4 is 5.32 Å². The highest BCUT2D eigenvalue weighted by molar-refractivity contribution is 7.10. The average molecular weight is 408 g/mol. The minimum absolute atomic E-state index is 0.00294. The van der Waals surface area contributed by atoms with Crippen molar-refractivity contribution in [3.63, 3.8) is 0 Å². The van der Waals surface area contributed by atoms with Gasteiger partial charge in [0, 0.05) is 56.5 Å². The fraction of sp³-hybridized carbons (Fsp3) is 0.714. The van der Waals surface area contributed by atoms with Crippen LogP contribution in [-0.2, 0) is 27.3 Å². The van der Waals surface area contributed by atoms with Crippen molar-refractivity contribution < 1.29 is 14.3 Å². The summed E-state index contributed by atoms with van der Waals surface area (Å²) in [6.07, 6.45) is 3.73. The van der Waals surface area contributed by atoms with Crippen LogP contribution in [0.5, 0.6) is 0 Å². The monoisotopic (exact) mass is 407 g/mol. The molecule has 28 heavy (non-hydrogen) atoms. The Hall–Kier alpha value is -1.44. The number of likely N-dealkylation sites (tertiary alicyclic amines) is 1. The number of piperidine rings is 1. The Morgan fingerprint density at radius 2 is 2.04 bits per heavy atom. The summed E-state index contributed by atoms with van der Waals surface area (Å²) in [6.45, 7) is 9.26. The van der Waals surface area contributed by atoms with Crippen molar-refractivity contribution in [3.8, 4) is 0 Å². The number of amides is 2. The average Bonchev–Trinajstić information content (AvgIpc) is 3.15. The zero-order chi connectivity index (χ0) is 19.9. The second-order valence-corrected chi connectivity index (χ2v) is 9.04. The Labute approximate surface area is 172 Å². The van der Waals surface area contributed by atoms with Crippen LogP contribution in [0.3, 0.4) is 0 Å². The molecule has 3 heterocycles. The van der Waals surface area contributed by atoms with Crippen LogP contribution in [0.25, 0.3) is 0 Å². The molecule has 3 rings (SSSR count). The van der Waals surface area contributed by atoms with Gasteiger partial charge >= 0.3 is 0 Å². The predicted molar refractivity (Wildman–Crippen MR) is 111 cm³/mol. The maximum absolute atomic E-state index is 12.4. The summed E-state index contributed by atoms with van der Waals surface area (Å²) in [5, 5.41) is 5.21. The lowest BCUT2D eigenvalue weighted by Crippen LogP contribution is -2.45. The van der Waals surface area contributed by atoms with E-state index < -0.39 is 0 Å². The van der Waals surface area contributed by atoms with Gasteiger partial charge in [0.1, 0.15) is 0 Å². The van der Waals surface area contributed by atoms with Crippen LogP contribution in [0, 0.1) is 0 Å². The minimum atomic E-state index is 0.00294. The first-order valence-corrected chi connectivity index (χ1v) is 11.4. The maximum Gasteiger partial charge on any atom is 0.223 e. The summed E-state index contributed by atoms with van der Waals surface area (Å²) in [5.41, 5.74) is 1.26. The lowest BCUT2D eigenvalue weighted by Gasteiger charge is -2.32. The highest BCUT2D eigenvalue weighted by Crippen LogP contribution is 2.24. The number of nitrogens with zero attached hydrogens (tertiary/aromatic N) is 2. The zero-order valence-electron chi connectivity index (χ0n) is 17.1. The fourth-order valence-corrected chi connectivity index (χ4v) is 4.75. The van der Waals surface area contributed by atoms with Gasteiger partial charge in [0.15, 0.2) is 0 Å². The molecule has 0 spiro atoms. The third-order valence-corrected chi connectivity index (χ3v) is 6.56. The highest BCUT2D eigenvalue weighted by atomic mass is 32.1. The number of carbonyl (C=O) groups is 2. The molecule has 0 aromatic carbocycles. The molecular weight excluding hydrogens is 374 g/mol. The van der Waals surface area contributed by atoms with E-state index in [2.05, 4.69) is 35.5 Å². The van der Waals surface area contributed by atoms with Crippen LogP contribution >= 0.6 is 11.3 Å². The van der Waals surface area contributed by atoms with Crippen LogP contribution in [0.4, 0.5) is 0 Å². The molecule has 2 aliphatic heterocycles. The van der Waals surface area contributed by atoms with Gasteiger partial charge in [-0.05, 0) is 50.1 Å². The van der Waals surface area contributed by atoms with Gasteiger partial charge in [-0.1, -0.05) is 0 Å². The van der Waals surface area contributed by atoms with Crippen molar-refractivity contribution in [2.75, 3.05) is 32.8 Å². The van der Waals surface area contributed by atoms with Crippen LogP contribution in [0.1, 0.15) is 50.0 Å². The van der Waals surface area contributed by atoms with E-state index in [0.29, 0.717) is 13.0 Å². The van der Waals surface area contributed by atoms with E-state index in [4.69, 9.17) is 4.74 Å². The summed E-state index contributed by atoms with van der Waals surface area (Å²) in [5.74, 6) is 0.0927. The van der Waals surface area contributed by atoms with Crippen molar-refractivity contribution in [2.45, 2.75) is 64.6 Å². The van der Waals surface area contributed by atoms with Crippen molar-refractivity contribution in [2.24, 2.45) is 0 Å². The molecule has 1 fully saturated rings. The molecule has 1 saturated heterocycles. The van der Waals surface area contributed by atoms with E-state index in [1.54, 1.807) is 11.3 Å². The quantitative estimate of drug-likeness (QED) is 0.719. The van der Waals surface area contributed by atoms with Gasteiger partial charge in [0.2, 0.25) is 11.8 Å². The van der Waals surface area contributed by atoms with Gasteiger partial charge in [-0.15, -0.1) is 11.3 Å². The molecule has 1 N–H and O–H groups in total. The number of carbonyl (C=O) groups excluding carboxylic acids is 2. The molecule has 0 radical (unpaired) electrons. The molecule has 0 saturated carbocycles. The molecule has 6 nitrogen and oxygen atoms in total. The van der Waals surface area contributed by atoms with Gasteiger partial charge in [0.25, 0.3) is 0 Å². The molecule has 7 heteroatoms. The topological polar surface area (TPSA) is 61.9 Å². The Morgan fingerprint density at radius 3 is 2.79 bits per heavy atom. The van der Waals surface area contributed by atoms with E-state index in [0.717, 1.165) is 52.0 Å². The number of nitrogens with one attached hydrogen (secondary N) is 1. The first-order chi connectivity index (χ1) is 13.5. The summed E-state index contributed by atoms with van der Waals surface area (Å²) < 4.78 is 5.61. The molecule has 1 aromatic heterocycles. The summed E-state index contributed by atoms with van der Waals surface area (Å²) in [6, 6.07) is 2.33. The molecule has 0 unspecified atom stereocenters. The smallest absolute Gasteiger partial charge is 0.223 e. The molecule has 2 amide bonds. The summed E-state index contributed by atoms with van der Waals surface area (Å²) >= 11 is 1.77. The van der Waals surface area contributed by atoms with Crippen LogP contribution in [0.15, 0.2) is 11.4 Å². The number of ether oxygens (including phenoxy) is 1. The molecule has 0 aliphatic carbocycles. The van der Waals surface area contributed by atoms with Crippen molar-refractivity contribution in [1.29, 1.82) is 0 Å². The van der Waals surface area contributed by atoms with E-state index >= 15 is 0 Å². The summed E-state index contributed by atoms with van der Waals surface area (Å²) in [4.78, 5) is 30.4. The second-order valence-electron chi connectivity index (χ2n) is 8.04. The Bertz CT molecular complexity index is 653. The van der Waals surface area contributed by atoms with E-state index in [1.165, 1.54) is 10.4 Å². The third-order valence-electron chi connectivity index (χ3n) is 5.54. The van der Waals surface area contributed by atoms with E-state index in [-0.39, 0.29) is 30.4 Å². The molecule has 156 valence electrons. The number of thiophene rings is 1. The third kappa shape index (κ3) is 6.29. The maximum atomic E-state index is 12.4. The Morgan fingerprint density at radius 1 is 1.25 bits per heavy atom. The number of hydrogen-bond donors (Lipinski definition) is 1. The fourth-order valence-electron chi connectivity index (χ4n) is 3.86. The van der Waals surface area contributed by atoms with Crippen LogP contribution in [0.2, 0.25) is 0 Å². The number of hydrogen-bond acceptors (Lipinski definition) is 5. The predicted octanol–water partition coefficient (Wildman–Crippen LogP) is 2.42. The Balaban J connectivity index is 1.30. The van der Waals surface area contributed by atoms with Crippen molar-refractivity contribution in [1.82, 2.24) is 15.1 Å². The van der Waals surface area contributed by atoms with Gasteiger partial charge in [-0.2, -0.15) is 0 Å². The summed E-state index contributed by atoms with van der Waals surface area (Å²) in [7, 11) is 0. The Kier molecular flexibility index (Phi) is 7.88. The molecule has 0 bridgehead atoms. The SMILES string of the molecule is CC(C)OCCN1CCC(NC(=O)CCC(=O)N2CCc3sccc3C2)CC1. The lowest BCUT2D eigenvalue weighted by molar-refractivity contribution is -0.134. The van der Waals surface area contributed by atoms with E-state index in [1.807, 2.05) is 4.90 Å². The minimum Gasteiger partial charge on any atom is -0.377 e. The lowest BCUT2D eigenvalue weighted by atomic mass is 10.0. The number of rotatable bonds is 8. The van der Waals surface area contributed by atoms with Gasteiger partial charge < -0.3 is 19.9 Å². The normalized spacial score (nSPS) is 18.3. The largest absolute Gasteiger partial charge is 0.377 e. The van der Waals surface area contributed by atoms with Crippen molar-refractivity contribution >= 4 is 23.2 Å². The zero-order valence-corrected chi connectivity index (χ0v) is 17.9. The van der Waals surface area contributed by atoms with Gasteiger partial charge in [0.05, 0.1) is 12.7 Å². The van der Waals surface area contributed by atoms with Crippen molar-refractivity contribution in [3.05, 3.63) is 21.9 Å². The molecule has 1 aromatic rings. The van der Waals surface area contributed by atoms with E-state index in [9.17, 15) is 9.59 Å². The first kappa shape index (κ1) is 21.3. The van der Waals surface area contributed by atoms with Gasteiger partial charge in [-0.3, -0.25) is 9.59 Å². The standard InChI is InChI=1S/C21H33N3O3S/c1-16(2)27-13-12-23-9-5-18(6-10-23)22-20(25)3-4-21(26)24-11-7-19-17(15-24)8-14-28-19/h8,14,16,18H,3-7,9-13,15H2,1-2H3,(H,22,25). The molecular formula is C21H33N3O3S. The highest BCUT2D eigenvalue weighted by Gasteiger charge is 2.23. The molecule has 2 aliphatic rings. The number of fused-ring (bicyclic) bond motifs is 1. The van der Waals surface area contributed by atoms with Crippen LogP contribution in [-0.4, -0.2) is 66.5 Å². The first-order valence-electron chi connectivity index (χ1n) is 10.5. The molecule has 0 atom stereocenters. The second kappa shape index (κ2) is 10.4. The van der Waals surface area contributed by atoms with Gasteiger partial charge in [-0.25, -0.2) is 0 Å².